The molecule has 0 aromatic carbocycles. The molecule has 1 rings (SSSR count). The van der Waals surface area contributed by atoms with Crippen molar-refractivity contribution in [3.63, 3.8) is 0 Å². The van der Waals surface area contributed by atoms with Crippen LogP contribution in [-0.4, -0.2) is 4.98 Å². The van der Waals surface area contributed by atoms with E-state index in [1.165, 1.54) is 0 Å². The van der Waals surface area contributed by atoms with Gasteiger partial charge in [-0.05, 0) is 18.9 Å². The minimum atomic E-state index is -0.0424. The third-order valence-corrected chi connectivity index (χ3v) is 2.19. The van der Waals surface area contributed by atoms with E-state index < -0.39 is 0 Å². The minimum absolute atomic E-state index is 0. The van der Waals surface area contributed by atoms with E-state index in [1.807, 2.05) is 18.2 Å². The molecule has 0 aliphatic heterocycles. The molecule has 4 heteroatoms. The maximum atomic E-state index is 5.91. The van der Waals surface area contributed by atoms with Crippen LogP contribution in [0.2, 0.25) is 5.15 Å². The van der Waals surface area contributed by atoms with Crippen molar-refractivity contribution in [2.24, 2.45) is 5.73 Å². The maximum Gasteiger partial charge on any atom is 0.133 e. The lowest BCUT2D eigenvalue weighted by atomic mass is 10.1. The summed E-state index contributed by atoms with van der Waals surface area (Å²) in [6.45, 7) is 3.64. The highest BCUT2D eigenvalue weighted by molar-refractivity contribution is 6.30. The van der Waals surface area contributed by atoms with Crippen molar-refractivity contribution in [3.8, 4) is 0 Å². The molecule has 1 aromatic rings. The van der Waals surface area contributed by atoms with Gasteiger partial charge in [-0.3, -0.25) is 0 Å². The highest BCUT2D eigenvalue weighted by atomic mass is 35.5. The first kappa shape index (κ1) is 13.4. The van der Waals surface area contributed by atoms with Gasteiger partial charge in [-0.1, -0.05) is 23.7 Å². The first-order valence-electron chi connectivity index (χ1n) is 4.22. The van der Waals surface area contributed by atoms with E-state index in [1.54, 1.807) is 6.20 Å². The zero-order chi connectivity index (χ0) is 9.68. The molecule has 0 saturated heterocycles. The highest BCUT2D eigenvalue weighted by Crippen LogP contribution is 2.21. The molecule has 0 amide bonds. The SMILES string of the molecule is C=CCC[C@H](N)c1cccnc1Cl.Cl. The Hall–Kier alpha value is -0.570. The van der Waals surface area contributed by atoms with Crippen molar-refractivity contribution in [1.82, 2.24) is 4.98 Å². The van der Waals surface area contributed by atoms with Crippen LogP contribution in [0.4, 0.5) is 0 Å². The van der Waals surface area contributed by atoms with Crippen molar-refractivity contribution in [2.75, 3.05) is 0 Å². The predicted molar refractivity (Wildman–Crippen MR) is 62.9 cm³/mol. The number of nitrogens with zero attached hydrogens (tertiary/aromatic N) is 1. The Morgan fingerprint density at radius 1 is 1.64 bits per heavy atom. The van der Waals surface area contributed by atoms with Gasteiger partial charge in [-0.15, -0.1) is 19.0 Å². The molecule has 1 heterocycles. The summed E-state index contributed by atoms with van der Waals surface area (Å²) in [7, 11) is 0. The molecular weight excluding hydrogens is 219 g/mol. The molecule has 2 nitrogen and oxygen atoms in total. The second-order valence-electron chi connectivity index (χ2n) is 2.86. The third kappa shape index (κ3) is 3.66. The van der Waals surface area contributed by atoms with Gasteiger partial charge in [-0.2, -0.15) is 0 Å². The van der Waals surface area contributed by atoms with Gasteiger partial charge in [-0.25, -0.2) is 4.98 Å². The van der Waals surface area contributed by atoms with Crippen LogP contribution >= 0.6 is 24.0 Å². The van der Waals surface area contributed by atoms with Crippen molar-refractivity contribution in [1.29, 1.82) is 0 Å². The number of aromatic nitrogens is 1. The van der Waals surface area contributed by atoms with Crippen molar-refractivity contribution < 1.29 is 0 Å². The summed E-state index contributed by atoms with van der Waals surface area (Å²) in [4.78, 5) is 3.97. The van der Waals surface area contributed by atoms with E-state index in [0.29, 0.717) is 5.15 Å². The number of rotatable bonds is 4. The molecule has 0 fully saturated rings. The number of hydrogen-bond acceptors (Lipinski definition) is 2. The van der Waals surface area contributed by atoms with Gasteiger partial charge in [0.05, 0.1) is 0 Å². The van der Waals surface area contributed by atoms with Crippen molar-refractivity contribution in [3.05, 3.63) is 41.7 Å². The maximum absolute atomic E-state index is 5.91. The van der Waals surface area contributed by atoms with E-state index in [-0.39, 0.29) is 18.4 Å². The highest BCUT2D eigenvalue weighted by Gasteiger charge is 2.08. The van der Waals surface area contributed by atoms with E-state index in [2.05, 4.69) is 11.6 Å². The van der Waals surface area contributed by atoms with E-state index >= 15 is 0 Å². The van der Waals surface area contributed by atoms with Crippen LogP contribution < -0.4 is 5.73 Å². The summed E-state index contributed by atoms with van der Waals surface area (Å²) in [6, 6.07) is 3.71. The van der Waals surface area contributed by atoms with Gasteiger partial charge in [0, 0.05) is 17.8 Å². The Morgan fingerprint density at radius 3 is 2.93 bits per heavy atom. The predicted octanol–water partition coefficient (Wildman–Crippen LogP) is 3.12. The summed E-state index contributed by atoms with van der Waals surface area (Å²) < 4.78 is 0. The average Bonchev–Trinajstić information content (AvgIpc) is 2.15. The molecule has 1 aromatic heterocycles. The summed E-state index contributed by atoms with van der Waals surface area (Å²) >= 11 is 5.88. The van der Waals surface area contributed by atoms with Gasteiger partial charge in [0.2, 0.25) is 0 Å². The summed E-state index contributed by atoms with van der Waals surface area (Å²) in [6.07, 6.45) is 5.26. The molecule has 0 aliphatic carbocycles. The normalized spacial score (nSPS) is 11.6. The molecule has 0 bridgehead atoms. The van der Waals surface area contributed by atoms with Crippen LogP contribution in [-0.2, 0) is 0 Å². The lowest BCUT2D eigenvalue weighted by Crippen LogP contribution is -2.10. The largest absolute Gasteiger partial charge is 0.324 e. The minimum Gasteiger partial charge on any atom is -0.324 e. The summed E-state index contributed by atoms with van der Waals surface area (Å²) in [5.41, 5.74) is 6.82. The van der Waals surface area contributed by atoms with Crippen LogP contribution in [0, 0.1) is 0 Å². The fourth-order valence-electron chi connectivity index (χ4n) is 1.13. The van der Waals surface area contributed by atoms with Crippen molar-refractivity contribution in [2.45, 2.75) is 18.9 Å². The number of nitrogens with two attached hydrogens (primary N) is 1. The first-order chi connectivity index (χ1) is 6.25. The van der Waals surface area contributed by atoms with E-state index in [9.17, 15) is 0 Å². The summed E-state index contributed by atoms with van der Waals surface area (Å²) in [5, 5.41) is 0.499. The van der Waals surface area contributed by atoms with Crippen molar-refractivity contribution >= 4 is 24.0 Å². The molecule has 0 saturated carbocycles. The molecule has 1 atom stereocenters. The van der Waals surface area contributed by atoms with Crippen LogP contribution in [0.5, 0.6) is 0 Å². The Bertz CT molecular complexity index is 289. The topological polar surface area (TPSA) is 38.9 Å². The first-order valence-corrected chi connectivity index (χ1v) is 4.60. The monoisotopic (exact) mass is 232 g/mol. The van der Waals surface area contributed by atoms with Crippen LogP contribution in [0.15, 0.2) is 31.0 Å². The fourth-order valence-corrected chi connectivity index (χ4v) is 1.39. The summed E-state index contributed by atoms with van der Waals surface area (Å²) in [5.74, 6) is 0. The van der Waals surface area contributed by atoms with Gasteiger partial charge in [0.25, 0.3) is 0 Å². The number of hydrogen-bond donors (Lipinski definition) is 1. The van der Waals surface area contributed by atoms with Gasteiger partial charge in [0.1, 0.15) is 5.15 Å². The number of allylic oxidation sites excluding steroid dienone is 1. The van der Waals surface area contributed by atoms with E-state index in [4.69, 9.17) is 17.3 Å². The standard InChI is InChI=1S/C10H13ClN2.ClH/c1-2-3-6-9(12)8-5-4-7-13-10(8)11;/h2,4-5,7,9H,1,3,6,12H2;1H/t9-;/m0./s1. The van der Waals surface area contributed by atoms with Gasteiger partial charge < -0.3 is 5.73 Å². The Kier molecular flexibility index (Phi) is 6.54. The van der Waals surface area contributed by atoms with Crippen LogP contribution in [0.25, 0.3) is 0 Å². The molecule has 78 valence electrons. The molecule has 2 N–H and O–H groups in total. The Labute approximate surface area is 95.6 Å². The van der Waals surface area contributed by atoms with Gasteiger partial charge >= 0.3 is 0 Å². The quantitative estimate of drug-likeness (QED) is 0.641. The fraction of sp³-hybridized carbons (Fsp3) is 0.300. The Morgan fingerprint density at radius 2 is 2.36 bits per heavy atom. The number of pyridine rings is 1. The third-order valence-electron chi connectivity index (χ3n) is 1.87. The lowest BCUT2D eigenvalue weighted by molar-refractivity contribution is 0.659. The van der Waals surface area contributed by atoms with E-state index in [0.717, 1.165) is 18.4 Å². The molecule has 14 heavy (non-hydrogen) atoms. The molecule has 0 radical (unpaired) electrons. The smallest absolute Gasteiger partial charge is 0.133 e. The molecule has 0 unspecified atom stereocenters. The zero-order valence-corrected chi connectivity index (χ0v) is 9.39. The Balaban J connectivity index is 0.00000169. The second-order valence-corrected chi connectivity index (χ2v) is 3.21. The second kappa shape index (κ2) is 6.82. The van der Waals surface area contributed by atoms with Crippen LogP contribution in [0.3, 0.4) is 0 Å². The lowest BCUT2D eigenvalue weighted by Gasteiger charge is -2.11. The zero-order valence-electron chi connectivity index (χ0n) is 7.82. The molecule has 0 aliphatic rings. The molecule has 0 spiro atoms. The number of halogens is 2. The van der Waals surface area contributed by atoms with Crippen LogP contribution in [0.1, 0.15) is 24.4 Å². The average molecular weight is 233 g/mol. The molecular formula is C10H14Cl2N2. The van der Waals surface area contributed by atoms with Gasteiger partial charge in [0.15, 0.2) is 0 Å².